The van der Waals surface area contributed by atoms with E-state index in [0.717, 1.165) is 0 Å². The van der Waals surface area contributed by atoms with Gasteiger partial charge in [0.15, 0.2) is 0 Å². The van der Waals surface area contributed by atoms with Gasteiger partial charge in [0.1, 0.15) is 5.82 Å². The molecule has 0 saturated heterocycles. The van der Waals surface area contributed by atoms with Gasteiger partial charge in [0.25, 0.3) is 5.91 Å². The number of likely N-dealkylation sites (N-methyl/N-ethyl adjacent to an activating group) is 1. The molecule has 0 N–H and O–H groups in total. The lowest BCUT2D eigenvalue weighted by Crippen LogP contribution is -2.30. The van der Waals surface area contributed by atoms with Crippen LogP contribution in [0.4, 0.5) is 4.39 Å². The van der Waals surface area contributed by atoms with Crippen molar-refractivity contribution in [3.8, 4) is 0 Å². The summed E-state index contributed by atoms with van der Waals surface area (Å²) in [5.74, 6) is -0.563. The summed E-state index contributed by atoms with van der Waals surface area (Å²) in [5.41, 5.74) is 0.374. The average Bonchev–Trinajstić information content (AvgIpc) is 2.25. The van der Waals surface area contributed by atoms with Gasteiger partial charge in [0, 0.05) is 18.7 Å². The fraction of sp³-hybridized carbons (Fsp3) is 0.250. The highest BCUT2D eigenvalue weighted by atomic mass is 19.1. The van der Waals surface area contributed by atoms with Gasteiger partial charge in [-0.1, -0.05) is 12.1 Å². The standard InChI is InChI=1S/C12H14FNO/c1-3-8-14(4-2)12(15)10-6-5-7-11(13)9-10/h3,5-7,9H,1,4,8H2,2H3. The molecule has 0 unspecified atom stereocenters. The maximum Gasteiger partial charge on any atom is 0.254 e. The largest absolute Gasteiger partial charge is 0.335 e. The number of hydrogen-bond acceptors (Lipinski definition) is 1. The number of nitrogens with zero attached hydrogens (tertiary/aromatic N) is 1. The maximum atomic E-state index is 12.9. The van der Waals surface area contributed by atoms with E-state index in [1.54, 1.807) is 17.0 Å². The molecule has 0 aliphatic heterocycles. The molecule has 0 saturated carbocycles. The molecule has 0 aliphatic rings. The van der Waals surface area contributed by atoms with Gasteiger partial charge in [-0.3, -0.25) is 4.79 Å². The van der Waals surface area contributed by atoms with Crippen molar-refractivity contribution >= 4 is 5.91 Å². The first-order valence-corrected chi connectivity index (χ1v) is 4.84. The molecule has 15 heavy (non-hydrogen) atoms. The number of amides is 1. The fourth-order valence-electron chi connectivity index (χ4n) is 1.32. The van der Waals surface area contributed by atoms with Crippen LogP contribution in [0.3, 0.4) is 0 Å². The zero-order chi connectivity index (χ0) is 11.3. The Morgan fingerprint density at radius 2 is 2.33 bits per heavy atom. The lowest BCUT2D eigenvalue weighted by molar-refractivity contribution is 0.0781. The van der Waals surface area contributed by atoms with Crippen LogP contribution in [0.15, 0.2) is 36.9 Å². The molecule has 0 spiro atoms. The van der Waals surface area contributed by atoms with E-state index in [1.165, 1.54) is 18.2 Å². The van der Waals surface area contributed by atoms with Crippen LogP contribution in [0.25, 0.3) is 0 Å². The number of carbonyl (C=O) groups is 1. The molecule has 0 heterocycles. The highest BCUT2D eigenvalue weighted by molar-refractivity contribution is 5.94. The number of rotatable bonds is 4. The third kappa shape index (κ3) is 2.91. The molecule has 1 aromatic carbocycles. The number of carbonyl (C=O) groups excluding carboxylic acids is 1. The topological polar surface area (TPSA) is 20.3 Å². The van der Waals surface area contributed by atoms with E-state index in [2.05, 4.69) is 6.58 Å². The Morgan fingerprint density at radius 3 is 2.87 bits per heavy atom. The molecule has 2 nitrogen and oxygen atoms in total. The molecule has 3 heteroatoms. The average molecular weight is 207 g/mol. The summed E-state index contributed by atoms with van der Waals surface area (Å²) in [6.45, 7) is 6.51. The van der Waals surface area contributed by atoms with Gasteiger partial charge in [-0.05, 0) is 25.1 Å². The van der Waals surface area contributed by atoms with E-state index < -0.39 is 5.82 Å². The van der Waals surface area contributed by atoms with Crippen LogP contribution < -0.4 is 0 Å². The molecule has 80 valence electrons. The Bertz CT molecular complexity index is 362. The van der Waals surface area contributed by atoms with E-state index in [0.29, 0.717) is 18.7 Å². The predicted octanol–water partition coefficient (Wildman–Crippen LogP) is 2.47. The Balaban J connectivity index is 2.87. The van der Waals surface area contributed by atoms with Gasteiger partial charge in [-0.25, -0.2) is 4.39 Å². The second-order valence-electron chi connectivity index (χ2n) is 3.14. The number of hydrogen-bond donors (Lipinski definition) is 0. The Kier molecular flexibility index (Phi) is 4.03. The van der Waals surface area contributed by atoms with Gasteiger partial charge in [0.2, 0.25) is 0 Å². The number of benzene rings is 1. The zero-order valence-electron chi connectivity index (χ0n) is 8.74. The minimum Gasteiger partial charge on any atom is -0.335 e. The van der Waals surface area contributed by atoms with E-state index in [9.17, 15) is 9.18 Å². The SMILES string of the molecule is C=CCN(CC)C(=O)c1cccc(F)c1. The summed E-state index contributed by atoms with van der Waals surface area (Å²) < 4.78 is 12.9. The van der Waals surface area contributed by atoms with Crippen molar-refractivity contribution < 1.29 is 9.18 Å². The molecule has 1 rings (SSSR count). The van der Waals surface area contributed by atoms with Gasteiger partial charge >= 0.3 is 0 Å². The number of halogens is 1. The Labute approximate surface area is 89.0 Å². The minimum absolute atomic E-state index is 0.170. The van der Waals surface area contributed by atoms with Crippen molar-refractivity contribution in [1.29, 1.82) is 0 Å². The summed E-state index contributed by atoms with van der Waals surface area (Å²) in [5, 5.41) is 0. The maximum absolute atomic E-state index is 12.9. The van der Waals surface area contributed by atoms with E-state index >= 15 is 0 Å². The first kappa shape index (κ1) is 11.4. The molecular weight excluding hydrogens is 193 g/mol. The van der Waals surface area contributed by atoms with Crippen molar-refractivity contribution in [3.63, 3.8) is 0 Å². The van der Waals surface area contributed by atoms with Crippen LogP contribution in [0, 0.1) is 5.82 Å². The van der Waals surface area contributed by atoms with Gasteiger partial charge < -0.3 is 4.90 Å². The summed E-state index contributed by atoms with van der Waals surface area (Å²) in [6, 6.07) is 5.70. The molecule has 0 radical (unpaired) electrons. The predicted molar refractivity (Wildman–Crippen MR) is 58.2 cm³/mol. The van der Waals surface area contributed by atoms with Crippen molar-refractivity contribution in [2.45, 2.75) is 6.92 Å². The zero-order valence-corrected chi connectivity index (χ0v) is 8.74. The highest BCUT2D eigenvalue weighted by Crippen LogP contribution is 2.07. The van der Waals surface area contributed by atoms with Crippen molar-refractivity contribution in [2.75, 3.05) is 13.1 Å². The van der Waals surface area contributed by atoms with Crippen molar-refractivity contribution in [3.05, 3.63) is 48.3 Å². The quantitative estimate of drug-likeness (QED) is 0.694. The normalized spacial score (nSPS) is 9.73. The summed E-state index contributed by atoms with van der Waals surface area (Å²) in [4.78, 5) is 13.4. The van der Waals surface area contributed by atoms with Crippen LogP contribution in [0.5, 0.6) is 0 Å². The van der Waals surface area contributed by atoms with E-state index in [4.69, 9.17) is 0 Å². The van der Waals surface area contributed by atoms with Crippen LogP contribution in [-0.4, -0.2) is 23.9 Å². The molecule has 0 fully saturated rings. The lowest BCUT2D eigenvalue weighted by atomic mass is 10.2. The Morgan fingerprint density at radius 1 is 1.60 bits per heavy atom. The monoisotopic (exact) mass is 207 g/mol. The summed E-state index contributed by atoms with van der Waals surface area (Å²) >= 11 is 0. The molecule has 1 aromatic rings. The third-order valence-electron chi connectivity index (χ3n) is 2.09. The lowest BCUT2D eigenvalue weighted by Gasteiger charge is -2.18. The molecular formula is C12H14FNO. The van der Waals surface area contributed by atoms with Crippen molar-refractivity contribution in [2.24, 2.45) is 0 Å². The summed E-state index contributed by atoms with van der Waals surface area (Å²) in [7, 11) is 0. The smallest absolute Gasteiger partial charge is 0.254 e. The molecule has 0 aromatic heterocycles. The van der Waals surface area contributed by atoms with Gasteiger partial charge in [-0.2, -0.15) is 0 Å². The van der Waals surface area contributed by atoms with Crippen LogP contribution in [0.2, 0.25) is 0 Å². The second kappa shape index (κ2) is 5.29. The Hall–Kier alpha value is -1.64. The summed E-state index contributed by atoms with van der Waals surface area (Å²) in [6.07, 6.45) is 1.65. The van der Waals surface area contributed by atoms with Gasteiger partial charge in [0.05, 0.1) is 0 Å². The van der Waals surface area contributed by atoms with Crippen LogP contribution >= 0.6 is 0 Å². The minimum atomic E-state index is -0.393. The molecule has 0 aliphatic carbocycles. The van der Waals surface area contributed by atoms with E-state index in [1.807, 2.05) is 6.92 Å². The van der Waals surface area contributed by atoms with Crippen LogP contribution in [-0.2, 0) is 0 Å². The van der Waals surface area contributed by atoms with E-state index in [-0.39, 0.29) is 5.91 Å². The highest BCUT2D eigenvalue weighted by Gasteiger charge is 2.12. The van der Waals surface area contributed by atoms with Crippen LogP contribution in [0.1, 0.15) is 17.3 Å². The van der Waals surface area contributed by atoms with Crippen molar-refractivity contribution in [1.82, 2.24) is 4.90 Å². The molecule has 0 atom stereocenters. The first-order valence-electron chi connectivity index (χ1n) is 4.84. The molecule has 1 amide bonds. The first-order chi connectivity index (χ1) is 7.19. The third-order valence-corrected chi connectivity index (χ3v) is 2.09. The molecule has 0 bridgehead atoms. The van der Waals surface area contributed by atoms with Gasteiger partial charge in [-0.15, -0.1) is 6.58 Å². The second-order valence-corrected chi connectivity index (χ2v) is 3.14. The fourth-order valence-corrected chi connectivity index (χ4v) is 1.32.